The highest BCUT2D eigenvalue weighted by molar-refractivity contribution is 5.93. The number of piperidine rings is 1. The van der Waals surface area contributed by atoms with Crippen LogP contribution < -0.4 is 0 Å². The first-order valence-corrected chi connectivity index (χ1v) is 9.67. The maximum Gasteiger partial charge on any atom is 0.341 e. The molecule has 3 aromatic rings. The Morgan fingerprint density at radius 2 is 2.11 bits per heavy atom. The highest BCUT2D eigenvalue weighted by atomic mass is 16.4. The number of hydrogen-bond acceptors (Lipinski definition) is 5. The molecule has 4 rings (SSSR count). The number of aromatic nitrogens is 3. The molecule has 2 N–H and O–H groups in total. The van der Waals surface area contributed by atoms with E-state index < -0.39 is 5.97 Å². The summed E-state index contributed by atoms with van der Waals surface area (Å²) in [6, 6.07) is 7.97. The van der Waals surface area contributed by atoms with Gasteiger partial charge in [0.15, 0.2) is 5.65 Å². The molecule has 7 nitrogen and oxygen atoms in total. The minimum Gasteiger partial charge on any atom is -0.508 e. The van der Waals surface area contributed by atoms with E-state index in [1.807, 2.05) is 18.3 Å². The van der Waals surface area contributed by atoms with E-state index >= 15 is 0 Å². The third-order valence-corrected chi connectivity index (χ3v) is 5.45. The van der Waals surface area contributed by atoms with Crippen molar-refractivity contribution in [2.24, 2.45) is 0 Å². The van der Waals surface area contributed by atoms with E-state index in [4.69, 9.17) is 0 Å². The number of rotatable bonds is 6. The molecule has 1 fully saturated rings. The van der Waals surface area contributed by atoms with Gasteiger partial charge in [-0.05, 0) is 49.9 Å². The zero-order chi connectivity index (χ0) is 19.5. The summed E-state index contributed by atoms with van der Waals surface area (Å²) in [5, 5.41) is 23.0. The maximum atomic E-state index is 11.2. The Bertz CT molecular complexity index is 985. The molecule has 1 unspecified atom stereocenters. The van der Waals surface area contributed by atoms with E-state index in [0.29, 0.717) is 17.4 Å². The van der Waals surface area contributed by atoms with E-state index in [1.165, 1.54) is 25.5 Å². The Kier molecular flexibility index (Phi) is 5.25. The van der Waals surface area contributed by atoms with Crippen LogP contribution in [0.15, 0.2) is 42.9 Å². The lowest BCUT2D eigenvalue weighted by molar-refractivity contribution is 0.0698. The second-order valence-corrected chi connectivity index (χ2v) is 7.42. The molecule has 1 saturated heterocycles. The van der Waals surface area contributed by atoms with E-state index in [0.717, 1.165) is 37.1 Å². The molecule has 0 aliphatic carbocycles. The van der Waals surface area contributed by atoms with Gasteiger partial charge in [-0.25, -0.2) is 14.3 Å². The van der Waals surface area contributed by atoms with Gasteiger partial charge in [0.2, 0.25) is 0 Å². The molecule has 0 bridgehead atoms. The highest BCUT2D eigenvalue weighted by Crippen LogP contribution is 2.24. The van der Waals surface area contributed by atoms with Gasteiger partial charge in [0.1, 0.15) is 11.3 Å². The lowest BCUT2D eigenvalue weighted by Crippen LogP contribution is -2.39. The molecule has 7 heteroatoms. The third kappa shape index (κ3) is 3.99. The average molecular weight is 380 g/mol. The smallest absolute Gasteiger partial charge is 0.341 e. The van der Waals surface area contributed by atoms with Gasteiger partial charge in [0.05, 0.1) is 6.20 Å². The number of phenolic OH excluding ortho intramolecular Hbond substituents is 1. The number of likely N-dealkylation sites (tertiary alicyclic amines) is 1. The fourth-order valence-electron chi connectivity index (χ4n) is 4.02. The number of aryl methyl sites for hydroxylation is 1. The van der Waals surface area contributed by atoms with Gasteiger partial charge in [0.25, 0.3) is 0 Å². The molecule has 3 heterocycles. The number of benzene rings is 1. The topological polar surface area (TPSA) is 91.0 Å². The quantitative estimate of drug-likeness (QED) is 0.683. The lowest BCUT2D eigenvalue weighted by Gasteiger charge is -2.35. The van der Waals surface area contributed by atoms with E-state index in [2.05, 4.69) is 21.0 Å². The molecular formula is C21H24N4O3. The molecule has 28 heavy (non-hydrogen) atoms. The van der Waals surface area contributed by atoms with Gasteiger partial charge < -0.3 is 10.2 Å². The molecule has 0 radical (unpaired) electrons. The van der Waals surface area contributed by atoms with Crippen molar-refractivity contribution in [3.63, 3.8) is 0 Å². The third-order valence-electron chi connectivity index (χ3n) is 5.45. The molecule has 0 amide bonds. The Morgan fingerprint density at radius 3 is 2.93 bits per heavy atom. The summed E-state index contributed by atoms with van der Waals surface area (Å²) in [7, 11) is 0. The number of aromatic carboxylic acids is 1. The van der Waals surface area contributed by atoms with Crippen LogP contribution in [-0.4, -0.2) is 48.3 Å². The summed E-state index contributed by atoms with van der Waals surface area (Å²) in [5.74, 6) is -0.698. The largest absolute Gasteiger partial charge is 0.508 e. The normalized spacial score (nSPS) is 17.8. The fourth-order valence-corrected chi connectivity index (χ4v) is 4.02. The summed E-state index contributed by atoms with van der Waals surface area (Å²) >= 11 is 0. The zero-order valence-electron chi connectivity index (χ0n) is 15.7. The molecule has 1 aliphatic heterocycles. The number of hydrogen-bond donors (Lipinski definition) is 2. The van der Waals surface area contributed by atoms with Crippen molar-refractivity contribution in [1.29, 1.82) is 0 Å². The van der Waals surface area contributed by atoms with Gasteiger partial charge in [-0.2, -0.15) is 5.10 Å². The van der Waals surface area contributed by atoms with E-state index in [1.54, 1.807) is 16.8 Å². The maximum absolute atomic E-state index is 11.2. The number of carboxylic acids is 1. The van der Waals surface area contributed by atoms with Gasteiger partial charge in [-0.3, -0.25) is 4.90 Å². The van der Waals surface area contributed by atoms with Crippen molar-refractivity contribution in [3.05, 3.63) is 59.5 Å². The van der Waals surface area contributed by atoms with Crippen LogP contribution >= 0.6 is 0 Å². The summed E-state index contributed by atoms with van der Waals surface area (Å²) in [5.41, 5.74) is 2.67. The van der Waals surface area contributed by atoms with Crippen LogP contribution in [0.4, 0.5) is 0 Å². The minimum atomic E-state index is -1.02. The Hall–Kier alpha value is -2.93. The molecule has 1 atom stereocenters. The van der Waals surface area contributed by atoms with Gasteiger partial charge >= 0.3 is 5.97 Å². The monoisotopic (exact) mass is 380 g/mol. The molecule has 0 spiro atoms. The van der Waals surface area contributed by atoms with Crippen LogP contribution in [0, 0.1) is 0 Å². The second-order valence-electron chi connectivity index (χ2n) is 7.42. The fraction of sp³-hybridized carbons (Fsp3) is 0.381. The van der Waals surface area contributed by atoms with Crippen LogP contribution in [0.5, 0.6) is 5.75 Å². The van der Waals surface area contributed by atoms with Crippen LogP contribution in [0.25, 0.3) is 5.65 Å². The predicted octanol–water partition coefficient (Wildman–Crippen LogP) is 3.12. The molecule has 1 aliphatic rings. The minimum absolute atomic E-state index is 0.119. The Balaban J connectivity index is 1.45. The number of carboxylic acid groups (broad SMARTS) is 1. The first-order valence-electron chi connectivity index (χ1n) is 9.67. The standard InChI is InChI=1S/C21H24N4O3/c26-18-6-3-4-15(10-18)7-8-17-5-1-2-9-24(17)13-16-11-22-20-19(21(27)28)12-23-25(20)14-16/h3-4,6,10-12,14,17,26H,1-2,5,7-9,13H2,(H,27,28). The SMILES string of the molecule is O=C(O)c1cnn2cc(CN3CCCCC3CCc3cccc(O)c3)cnc12. The van der Waals surface area contributed by atoms with Crippen molar-refractivity contribution >= 4 is 11.6 Å². The summed E-state index contributed by atoms with van der Waals surface area (Å²) in [6.45, 7) is 1.82. The van der Waals surface area contributed by atoms with Gasteiger partial charge in [-0.1, -0.05) is 18.6 Å². The molecule has 0 saturated carbocycles. The zero-order valence-corrected chi connectivity index (χ0v) is 15.7. The number of aromatic hydroxyl groups is 1. The second kappa shape index (κ2) is 7.98. The summed E-state index contributed by atoms with van der Waals surface area (Å²) < 4.78 is 1.55. The van der Waals surface area contributed by atoms with Crippen LogP contribution in [0.3, 0.4) is 0 Å². The predicted molar refractivity (Wildman–Crippen MR) is 104 cm³/mol. The molecule has 146 valence electrons. The molecule has 2 aromatic heterocycles. The Morgan fingerprint density at radius 1 is 1.21 bits per heavy atom. The van der Waals surface area contributed by atoms with Crippen molar-refractivity contribution < 1.29 is 15.0 Å². The van der Waals surface area contributed by atoms with Crippen molar-refractivity contribution in [3.8, 4) is 5.75 Å². The van der Waals surface area contributed by atoms with Gasteiger partial charge in [0, 0.05) is 30.5 Å². The van der Waals surface area contributed by atoms with Gasteiger partial charge in [-0.15, -0.1) is 0 Å². The van der Waals surface area contributed by atoms with Crippen LogP contribution in [-0.2, 0) is 13.0 Å². The molecule has 1 aromatic carbocycles. The molecular weight excluding hydrogens is 356 g/mol. The number of nitrogens with zero attached hydrogens (tertiary/aromatic N) is 4. The highest BCUT2D eigenvalue weighted by Gasteiger charge is 2.23. The number of fused-ring (bicyclic) bond motifs is 1. The van der Waals surface area contributed by atoms with Crippen molar-refractivity contribution in [2.75, 3.05) is 6.54 Å². The first kappa shape index (κ1) is 18.4. The van der Waals surface area contributed by atoms with E-state index in [9.17, 15) is 15.0 Å². The Labute approximate surface area is 163 Å². The summed E-state index contributed by atoms with van der Waals surface area (Å²) in [4.78, 5) is 18.0. The first-order chi connectivity index (χ1) is 13.6. The average Bonchev–Trinajstić information content (AvgIpc) is 3.11. The van der Waals surface area contributed by atoms with Crippen molar-refractivity contribution in [1.82, 2.24) is 19.5 Å². The number of carbonyl (C=O) groups is 1. The van der Waals surface area contributed by atoms with Crippen molar-refractivity contribution in [2.45, 2.75) is 44.7 Å². The lowest BCUT2D eigenvalue weighted by atomic mass is 9.95. The number of phenols is 1. The summed E-state index contributed by atoms with van der Waals surface area (Å²) in [6.07, 6.45) is 10.5. The van der Waals surface area contributed by atoms with Crippen LogP contribution in [0.1, 0.15) is 47.2 Å². The van der Waals surface area contributed by atoms with E-state index in [-0.39, 0.29) is 5.56 Å². The van der Waals surface area contributed by atoms with Crippen LogP contribution in [0.2, 0.25) is 0 Å².